The van der Waals surface area contributed by atoms with Gasteiger partial charge in [0.05, 0.1) is 43.3 Å². The van der Waals surface area contributed by atoms with Gasteiger partial charge in [0.1, 0.15) is 11.9 Å². The van der Waals surface area contributed by atoms with Gasteiger partial charge in [0, 0.05) is 30.8 Å². The minimum absolute atomic E-state index is 0.0594. The van der Waals surface area contributed by atoms with Crippen LogP contribution in [0.15, 0.2) is 67.5 Å². The number of carbonyl (C=O) groups is 1. The summed E-state index contributed by atoms with van der Waals surface area (Å²) in [5, 5.41) is 0. The standard InChI is InChI=1S/C23H20FN5O2/c24-18-2-3-19(26-12-18)11-22(30)28-9-10-31-21(14-28)23-20-4-1-17(13-29(20)15-27-23)16-5-7-25-8-6-16/h1-8,12-13,15,21H,9-11,14H2/t21-/m1/s1. The van der Waals surface area contributed by atoms with E-state index in [1.165, 1.54) is 12.1 Å². The Labute approximate surface area is 178 Å². The molecule has 1 fully saturated rings. The average molecular weight is 417 g/mol. The molecule has 1 atom stereocenters. The Morgan fingerprint density at radius 3 is 2.77 bits per heavy atom. The molecule has 0 saturated carbocycles. The molecule has 4 aromatic rings. The van der Waals surface area contributed by atoms with Gasteiger partial charge in [-0.25, -0.2) is 9.37 Å². The number of halogens is 1. The van der Waals surface area contributed by atoms with Crippen LogP contribution in [0.1, 0.15) is 17.5 Å². The lowest BCUT2D eigenvalue weighted by Gasteiger charge is -2.32. The van der Waals surface area contributed by atoms with Gasteiger partial charge in [-0.3, -0.25) is 14.8 Å². The van der Waals surface area contributed by atoms with Crippen molar-refractivity contribution in [2.45, 2.75) is 12.5 Å². The molecule has 1 aliphatic rings. The van der Waals surface area contributed by atoms with Crippen molar-refractivity contribution in [3.8, 4) is 11.1 Å². The number of nitrogens with zero attached hydrogens (tertiary/aromatic N) is 5. The lowest BCUT2D eigenvalue weighted by Crippen LogP contribution is -2.43. The molecule has 0 aliphatic carbocycles. The number of fused-ring (bicyclic) bond motifs is 1. The van der Waals surface area contributed by atoms with Crippen molar-refractivity contribution in [1.29, 1.82) is 0 Å². The highest BCUT2D eigenvalue weighted by Gasteiger charge is 2.28. The SMILES string of the molecule is O=C(Cc1ccc(F)cn1)N1CCO[C@@H](c2ncn3cc(-c4ccncc4)ccc23)C1. The third-order valence-electron chi connectivity index (χ3n) is 5.42. The first-order valence-electron chi connectivity index (χ1n) is 10.0. The molecular formula is C23H20FN5O2. The fourth-order valence-corrected chi connectivity index (χ4v) is 3.80. The van der Waals surface area contributed by atoms with Crippen LogP contribution < -0.4 is 0 Å². The smallest absolute Gasteiger partial charge is 0.228 e. The molecule has 1 saturated heterocycles. The zero-order valence-corrected chi connectivity index (χ0v) is 16.7. The number of amides is 1. The van der Waals surface area contributed by atoms with Gasteiger partial charge in [0.15, 0.2) is 0 Å². The Morgan fingerprint density at radius 2 is 1.97 bits per heavy atom. The van der Waals surface area contributed by atoms with Crippen molar-refractivity contribution in [3.63, 3.8) is 0 Å². The number of hydrogen-bond acceptors (Lipinski definition) is 5. The van der Waals surface area contributed by atoms with E-state index in [0.29, 0.717) is 25.4 Å². The van der Waals surface area contributed by atoms with E-state index >= 15 is 0 Å². The first kappa shape index (κ1) is 19.3. The highest BCUT2D eigenvalue weighted by Crippen LogP contribution is 2.27. The summed E-state index contributed by atoms with van der Waals surface area (Å²) in [6, 6.07) is 10.8. The van der Waals surface area contributed by atoms with Crippen LogP contribution in [0, 0.1) is 5.82 Å². The molecular weight excluding hydrogens is 397 g/mol. The molecule has 0 N–H and O–H groups in total. The van der Waals surface area contributed by atoms with E-state index in [9.17, 15) is 9.18 Å². The third-order valence-corrected chi connectivity index (χ3v) is 5.42. The minimum atomic E-state index is -0.415. The molecule has 0 aromatic carbocycles. The number of aromatic nitrogens is 4. The van der Waals surface area contributed by atoms with Gasteiger partial charge in [-0.15, -0.1) is 0 Å². The van der Waals surface area contributed by atoms with Crippen molar-refractivity contribution in [1.82, 2.24) is 24.3 Å². The maximum Gasteiger partial charge on any atom is 0.228 e. The van der Waals surface area contributed by atoms with Crippen LogP contribution in [0.5, 0.6) is 0 Å². The summed E-state index contributed by atoms with van der Waals surface area (Å²) in [5.41, 5.74) is 4.43. The van der Waals surface area contributed by atoms with E-state index in [0.717, 1.165) is 28.5 Å². The topological polar surface area (TPSA) is 72.6 Å². The summed E-state index contributed by atoms with van der Waals surface area (Å²) in [7, 11) is 0. The lowest BCUT2D eigenvalue weighted by molar-refractivity contribution is -0.138. The Hall–Kier alpha value is -3.65. The molecule has 5 rings (SSSR count). The summed E-state index contributed by atoms with van der Waals surface area (Å²) in [6.45, 7) is 1.36. The molecule has 156 valence electrons. The molecule has 5 heterocycles. The number of hydrogen-bond donors (Lipinski definition) is 0. The van der Waals surface area contributed by atoms with E-state index in [2.05, 4.69) is 15.0 Å². The first-order chi connectivity index (χ1) is 15.2. The second kappa shape index (κ2) is 8.23. The van der Waals surface area contributed by atoms with Crippen LogP contribution in [0.25, 0.3) is 16.6 Å². The molecule has 8 heteroatoms. The Morgan fingerprint density at radius 1 is 1.10 bits per heavy atom. The minimum Gasteiger partial charge on any atom is -0.368 e. The third kappa shape index (κ3) is 4.02. The molecule has 4 aromatic heterocycles. The van der Waals surface area contributed by atoms with Crippen LogP contribution in [-0.4, -0.2) is 49.9 Å². The largest absolute Gasteiger partial charge is 0.368 e. The van der Waals surface area contributed by atoms with Crippen molar-refractivity contribution >= 4 is 11.4 Å². The van der Waals surface area contributed by atoms with Gasteiger partial charge >= 0.3 is 0 Å². The van der Waals surface area contributed by atoms with E-state index in [4.69, 9.17) is 4.74 Å². The second-order valence-electron chi connectivity index (χ2n) is 7.42. The van der Waals surface area contributed by atoms with Crippen molar-refractivity contribution < 1.29 is 13.9 Å². The summed E-state index contributed by atoms with van der Waals surface area (Å²) >= 11 is 0. The predicted octanol–water partition coefficient (Wildman–Crippen LogP) is 3.07. The van der Waals surface area contributed by atoms with E-state index < -0.39 is 5.82 Å². The Bertz CT molecular complexity index is 1210. The molecule has 0 unspecified atom stereocenters. The maximum atomic E-state index is 13.1. The van der Waals surface area contributed by atoms with Gasteiger partial charge in [0.2, 0.25) is 5.91 Å². The van der Waals surface area contributed by atoms with E-state index in [-0.39, 0.29) is 18.4 Å². The number of ether oxygens (including phenoxy) is 1. The van der Waals surface area contributed by atoms with Crippen molar-refractivity contribution in [2.75, 3.05) is 19.7 Å². The van der Waals surface area contributed by atoms with Gasteiger partial charge in [-0.1, -0.05) is 6.07 Å². The number of pyridine rings is 3. The quantitative estimate of drug-likeness (QED) is 0.510. The number of imidazole rings is 1. The van der Waals surface area contributed by atoms with Gasteiger partial charge < -0.3 is 14.0 Å². The van der Waals surface area contributed by atoms with Gasteiger partial charge in [0.25, 0.3) is 0 Å². The van der Waals surface area contributed by atoms with Crippen LogP contribution >= 0.6 is 0 Å². The molecule has 31 heavy (non-hydrogen) atoms. The van der Waals surface area contributed by atoms with Gasteiger partial charge in [-0.2, -0.15) is 0 Å². The monoisotopic (exact) mass is 417 g/mol. The normalized spacial score (nSPS) is 16.5. The summed E-state index contributed by atoms with van der Waals surface area (Å²) in [5.74, 6) is -0.475. The molecule has 0 radical (unpaired) electrons. The number of rotatable bonds is 4. The van der Waals surface area contributed by atoms with Crippen LogP contribution in [0.2, 0.25) is 0 Å². The number of carbonyl (C=O) groups excluding carboxylic acids is 1. The molecule has 1 amide bonds. The highest BCUT2D eigenvalue weighted by atomic mass is 19.1. The summed E-state index contributed by atoms with van der Waals surface area (Å²) in [4.78, 5) is 27.1. The van der Waals surface area contributed by atoms with Gasteiger partial charge in [-0.05, 0) is 41.5 Å². The lowest BCUT2D eigenvalue weighted by atomic mass is 10.1. The van der Waals surface area contributed by atoms with Crippen LogP contribution in [0.4, 0.5) is 4.39 Å². The molecule has 0 spiro atoms. The molecule has 0 bridgehead atoms. The van der Waals surface area contributed by atoms with Crippen LogP contribution in [0.3, 0.4) is 0 Å². The zero-order chi connectivity index (χ0) is 21.2. The van der Waals surface area contributed by atoms with Crippen molar-refractivity contribution in [3.05, 3.63) is 84.7 Å². The Kier molecular flexibility index (Phi) is 5.13. The molecule has 1 aliphatic heterocycles. The maximum absolute atomic E-state index is 13.1. The average Bonchev–Trinajstić information content (AvgIpc) is 3.24. The predicted molar refractivity (Wildman–Crippen MR) is 112 cm³/mol. The fraction of sp³-hybridized carbons (Fsp3) is 0.217. The van der Waals surface area contributed by atoms with Crippen LogP contribution in [-0.2, 0) is 16.0 Å². The fourth-order valence-electron chi connectivity index (χ4n) is 3.80. The second-order valence-corrected chi connectivity index (χ2v) is 7.42. The number of morpholine rings is 1. The zero-order valence-electron chi connectivity index (χ0n) is 16.7. The summed E-state index contributed by atoms with van der Waals surface area (Å²) < 4.78 is 21.0. The van der Waals surface area contributed by atoms with Crippen molar-refractivity contribution in [2.24, 2.45) is 0 Å². The molecule has 7 nitrogen and oxygen atoms in total. The summed E-state index contributed by atoms with van der Waals surface area (Å²) in [6.07, 6.45) is 8.27. The van der Waals surface area contributed by atoms with E-state index in [1.54, 1.807) is 23.6 Å². The first-order valence-corrected chi connectivity index (χ1v) is 10.0. The highest BCUT2D eigenvalue weighted by molar-refractivity contribution is 5.78. The van der Waals surface area contributed by atoms with E-state index in [1.807, 2.05) is 34.9 Å². The Balaban J connectivity index is 1.34.